The highest BCUT2D eigenvalue weighted by Gasteiger charge is 2.26. The number of rotatable bonds is 2. The predicted molar refractivity (Wildman–Crippen MR) is 72.3 cm³/mol. The van der Waals surface area contributed by atoms with Crippen LogP contribution in [0.4, 0.5) is 5.82 Å². The minimum absolute atomic E-state index is 0.234. The average Bonchev–Trinajstić information content (AvgIpc) is 2.28. The molecule has 0 saturated carbocycles. The fourth-order valence-electron chi connectivity index (χ4n) is 1.91. The number of ether oxygens (including phenoxy) is 1. The fraction of sp³-hybridized carbons (Fsp3) is 0.545. The van der Waals surface area contributed by atoms with Crippen LogP contribution >= 0.6 is 31.9 Å². The smallest absolute Gasteiger partial charge is 0.143 e. The molecule has 1 aliphatic heterocycles. The largest absolute Gasteiger partial charge is 0.371 e. The van der Waals surface area contributed by atoms with E-state index in [9.17, 15) is 0 Å². The Morgan fingerprint density at radius 3 is 3.06 bits per heavy atom. The molecule has 0 amide bonds. The molecule has 0 bridgehead atoms. The third kappa shape index (κ3) is 2.76. The van der Waals surface area contributed by atoms with Crippen LogP contribution in [0, 0.1) is 0 Å². The molecule has 1 aliphatic rings. The van der Waals surface area contributed by atoms with Crippen molar-refractivity contribution in [1.29, 1.82) is 0 Å². The van der Waals surface area contributed by atoms with Crippen LogP contribution in [0.2, 0.25) is 0 Å². The van der Waals surface area contributed by atoms with Crippen LogP contribution in [0.15, 0.2) is 22.8 Å². The van der Waals surface area contributed by atoms with Crippen molar-refractivity contribution < 1.29 is 4.74 Å². The van der Waals surface area contributed by atoms with Crippen LogP contribution in [-0.4, -0.2) is 35.6 Å². The molecule has 0 radical (unpaired) electrons. The Hall–Kier alpha value is -0.130. The zero-order valence-electron chi connectivity index (χ0n) is 9.07. The Morgan fingerprint density at radius 1 is 1.56 bits per heavy atom. The molecule has 88 valence electrons. The number of nitrogens with zero attached hydrogens (tertiary/aromatic N) is 2. The summed E-state index contributed by atoms with van der Waals surface area (Å²) in [4.78, 5) is 6.68. The summed E-state index contributed by atoms with van der Waals surface area (Å²) in [7, 11) is 0. The Morgan fingerprint density at radius 2 is 2.38 bits per heavy atom. The summed E-state index contributed by atoms with van der Waals surface area (Å²) < 4.78 is 6.83. The molecular weight excluding hydrogens is 336 g/mol. The van der Waals surface area contributed by atoms with Gasteiger partial charge in [-0.15, -0.1) is 0 Å². The van der Waals surface area contributed by atoms with Gasteiger partial charge < -0.3 is 9.64 Å². The lowest BCUT2D eigenvalue weighted by molar-refractivity contribution is -0.00227. The van der Waals surface area contributed by atoms with E-state index in [0.29, 0.717) is 0 Å². The number of hydrogen-bond acceptors (Lipinski definition) is 3. The van der Waals surface area contributed by atoms with E-state index >= 15 is 0 Å². The van der Waals surface area contributed by atoms with Gasteiger partial charge in [0.1, 0.15) is 5.82 Å². The van der Waals surface area contributed by atoms with Crippen molar-refractivity contribution in [3.8, 4) is 0 Å². The zero-order chi connectivity index (χ0) is 11.5. The van der Waals surface area contributed by atoms with Crippen LogP contribution in [-0.2, 0) is 4.74 Å². The highest BCUT2D eigenvalue weighted by molar-refractivity contribution is 9.10. The first kappa shape index (κ1) is 12.3. The summed E-state index contributed by atoms with van der Waals surface area (Å²) in [5.41, 5.74) is 0. The van der Waals surface area contributed by atoms with Gasteiger partial charge in [-0.1, -0.05) is 15.9 Å². The number of aromatic nitrogens is 1. The SMILES string of the molecule is CC1CN(c2ncccc2Br)CC(CBr)O1. The van der Waals surface area contributed by atoms with Crippen molar-refractivity contribution in [2.75, 3.05) is 23.3 Å². The highest BCUT2D eigenvalue weighted by atomic mass is 79.9. The zero-order valence-corrected chi connectivity index (χ0v) is 12.2. The highest BCUT2D eigenvalue weighted by Crippen LogP contribution is 2.26. The molecule has 2 unspecified atom stereocenters. The molecule has 5 heteroatoms. The van der Waals surface area contributed by atoms with Gasteiger partial charge in [-0.3, -0.25) is 0 Å². The Balaban J connectivity index is 2.17. The molecule has 2 heterocycles. The number of hydrogen-bond donors (Lipinski definition) is 0. The van der Waals surface area contributed by atoms with Gasteiger partial charge in [0.15, 0.2) is 0 Å². The van der Waals surface area contributed by atoms with E-state index in [0.717, 1.165) is 28.7 Å². The fourth-order valence-corrected chi connectivity index (χ4v) is 2.78. The second kappa shape index (κ2) is 5.47. The van der Waals surface area contributed by atoms with E-state index in [2.05, 4.69) is 48.7 Å². The maximum atomic E-state index is 5.80. The van der Waals surface area contributed by atoms with E-state index in [4.69, 9.17) is 4.74 Å². The molecule has 0 spiro atoms. The van der Waals surface area contributed by atoms with Crippen molar-refractivity contribution in [2.24, 2.45) is 0 Å². The summed E-state index contributed by atoms with van der Waals surface area (Å²) in [6.07, 6.45) is 2.30. The summed E-state index contributed by atoms with van der Waals surface area (Å²) in [5.74, 6) is 1.00. The lowest BCUT2D eigenvalue weighted by Gasteiger charge is -2.37. The second-order valence-corrected chi connectivity index (χ2v) is 5.44. The van der Waals surface area contributed by atoms with Crippen molar-refractivity contribution in [3.05, 3.63) is 22.8 Å². The lowest BCUT2D eigenvalue weighted by atomic mass is 10.2. The third-order valence-corrected chi connectivity index (χ3v) is 3.88. The van der Waals surface area contributed by atoms with Gasteiger partial charge in [0.25, 0.3) is 0 Å². The predicted octanol–water partition coefficient (Wildman–Crippen LogP) is 2.83. The number of anilines is 1. The first-order chi connectivity index (χ1) is 7.70. The van der Waals surface area contributed by atoms with Crippen LogP contribution in [0.1, 0.15) is 6.92 Å². The molecular formula is C11H14Br2N2O. The van der Waals surface area contributed by atoms with Gasteiger partial charge in [-0.05, 0) is 35.0 Å². The van der Waals surface area contributed by atoms with Gasteiger partial charge in [0, 0.05) is 24.6 Å². The van der Waals surface area contributed by atoms with Crippen molar-refractivity contribution in [3.63, 3.8) is 0 Å². The molecule has 1 saturated heterocycles. The van der Waals surface area contributed by atoms with Crippen molar-refractivity contribution >= 4 is 37.7 Å². The molecule has 2 atom stereocenters. The van der Waals surface area contributed by atoms with Crippen LogP contribution in [0.5, 0.6) is 0 Å². The van der Waals surface area contributed by atoms with E-state index in [1.54, 1.807) is 0 Å². The number of morpholine rings is 1. The summed E-state index contributed by atoms with van der Waals surface area (Å²) >= 11 is 7.01. The summed E-state index contributed by atoms with van der Waals surface area (Å²) in [6, 6.07) is 3.95. The maximum absolute atomic E-state index is 5.80. The van der Waals surface area contributed by atoms with E-state index in [-0.39, 0.29) is 12.2 Å². The Bertz CT molecular complexity index is 362. The quantitative estimate of drug-likeness (QED) is 0.768. The minimum Gasteiger partial charge on any atom is -0.371 e. The van der Waals surface area contributed by atoms with Crippen LogP contribution in [0.25, 0.3) is 0 Å². The van der Waals surface area contributed by atoms with Crippen LogP contribution < -0.4 is 4.90 Å². The molecule has 3 nitrogen and oxygen atoms in total. The molecule has 0 aliphatic carbocycles. The monoisotopic (exact) mass is 348 g/mol. The molecule has 1 aromatic heterocycles. The molecule has 0 aromatic carbocycles. The normalized spacial score (nSPS) is 25.8. The van der Waals surface area contributed by atoms with Gasteiger partial charge >= 0.3 is 0 Å². The third-order valence-electron chi connectivity index (χ3n) is 2.54. The topological polar surface area (TPSA) is 25.4 Å². The number of alkyl halides is 1. The van der Waals surface area contributed by atoms with Gasteiger partial charge in [-0.25, -0.2) is 4.98 Å². The first-order valence-electron chi connectivity index (χ1n) is 5.27. The van der Waals surface area contributed by atoms with E-state index in [1.165, 1.54) is 0 Å². The van der Waals surface area contributed by atoms with Crippen LogP contribution in [0.3, 0.4) is 0 Å². The molecule has 2 rings (SSSR count). The molecule has 16 heavy (non-hydrogen) atoms. The lowest BCUT2D eigenvalue weighted by Crippen LogP contribution is -2.47. The number of halogens is 2. The second-order valence-electron chi connectivity index (χ2n) is 3.94. The van der Waals surface area contributed by atoms with Crippen molar-refractivity contribution in [1.82, 2.24) is 4.98 Å². The Kier molecular flexibility index (Phi) is 4.21. The van der Waals surface area contributed by atoms with Gasteiger partial charge in [0.05, 0.1) is 16.7 Å². The molecule has 1 aromatic rings. The minimum atomic E-state index is 0.234. The molecule has 1 fully saturated rings. The standard InChI is InChI=1S/C11H14Br2N2O/c1-8-6-15(7-9(5-12)16-8)11-10(13)3-2-4-14-11/h2-4,8-9H,5-7H2,1H3. The van der Waals surface area contributed by atoms with E-state index in [1.807, 2.05) is 18.3 Å². The van der Waals surface area contributed by atoms with E-state index < -0.39 is 0 Å². The van der Waals surface area contributed by atoms with Gasteiger partial charge in [-0.2, -0.15) is 0 Å². The molecule has 0 N–H and O–H groups in total. The van der Waals surface area contributed by atoms with Crippen molar-refractivity contribution in [2.45, 2.75) is 19.1 Å². The number of pyridine rings is 1. The summed E-state index contributed by atoms with van der Waals surface area (Å²) in [5, 5.41) is 0.859. The summed E-state index contributed by atoms with van der Waals surface area (Å²) in [6.45, 7) is 3.86. The van der Waals surface area contributed by atoms with Gasteiger partial charge in [0.2, 0.25) is 0 Å². The maximum Gasteiger partial charge on any atom is 0.143 e. The average molecular weight is 350 g/mol. The Labute approximate surface area is 112 Å². The first-order valence-corrected chi connectivity index (χ1v) is 7.19.